The number of halogens is 3. The van der Waals surface area contributed by atoms with Gasteiger partial charge in [-0.3, -0.25) is 19.8 Å². The average molecular weight is 913 g/mol. The highest BCUT2D eigenvalue weighted by Crippen LogP contribution is 2.44. The molecule has 0 bridgehead atoms. The Hall–Kier alpha value is -5.71. The normalized spacial score (nSPS) is 17.9. The van der Waals surface area contributed by atoms with Gasteiger partial charge in [-0.2, -0.15) is 13.2 Å². The number of nitro groups is 1. The molecule has 4 aromatic carbocycles. The van der Waals surface area contributed by atoms with E-state index in [1.54, 1.807) is 24.3 Å². The Kier molecular flexibility index (Phi) is 13.4. The number of carbonyl (C=O) groups is 1. The smallest absolute Gasteiger partial charge is 0.416 e. The number of nitro benzene ring substituents is 1. The van der Waals surface area contributed by atoms with Crippen LogP contribution in [0.15, 0.2) is 95.4 Å². The molecule has 16 heteroatoms. The minimum Gasteiger partial charge on any atom is -0.456 e. The average Bonchev–Trinajstić information content (AvgIpc) is 3.99. The highest BCUT2D eigenvalue weighted by molar-refractivity contribution is 7.90. The predicted octanol–water partition coefficient (Wildman–Crippen LogP) is 9.78. The van der Waals surface area contributed by atoms with Crippen LogP contribution in [0.3, 0.4) is 0 Å². The third-order valence-electron chi connectivity index (χ3n) is 13.0. The van der Waals surface area contributed by atoms with Gasteiger partial charge in [0.1, 0.15) is 17.2 Å². The monoisotopic (exact) mass is 912 g/mol. The molecule has 1 amide bonds. The molecule has 0 radical (unpaired) electrons. The minimum atomic E-state index is -4.58. The molecule has 0 unspecified atom stereocenters. The van der Waals surface area contributed by atoms with Gasteiger partial charge < -0.3 is 19.9 Å². The molecule has 2 aliphatic carbocycles. The summed E-state index contributed by atoms with van der Waals surface area (Å²) in [7, 11) is -4.58. The lowest BCUT2D eigenvalue weighted by atomic mass is 9.72. The first kappa shape index (κ1) is 45.8. The molecule has 0 saturated carbocycles. The van der Waals surface area contributed by atoms with Crippen LogP contribution in [0, 0.1) is 15.5 Å². The number of allylic oxidation sites excluding steroid dienone is 2. The number of rotatable bonds is 15. The van der Waals surface area contributed by atoms with Crippen molar-refractivity contribution in [3.05, 3.63) is 128 Å². The molecule has 4 aromatic rings. The maximum Gasteiger partial charge on any atom is 0.416 e. The van der Waals surface area contributed by atoms with Gasteiger partial charge in [-0.05, 0) is 129 Å². The molecule has 12 nitrogen and oxygen atoms in total. The van der Waals surface area contributed by atoms with E-state index in [0.29, 0.717) is 57.0 Å². The summed E-state index contributed by atoms with van der Waals surface area (Å²) in [6.45, 7) is 11.0. The van der Waals surface area contributed by atoms with Crippen molar-refractivity contribution in [1.82, 2.24) is 14.5 Å². The fourth-order valence-corrected chi connectivity index (χ4v) is 10.3. The molecule has 2 heterocycles. The Morgan fingerprint density at radius 2 is 1.68 bits per heavy atom. The quantitative estimate of drug-likeness (QED) is 0.0674. The largest absolute Gasteiger partial charge is 0.456 e. The number of ether oxygens (including phenoxy) is 1. The number of hydrogen-bond donors (Lipinski definition) is 2. The molecular formula is C49H55F3N6O6S. The van der Waals surface area contributed by atoms with Crippen molar-refractivity contribution in [3.63, 3.8) is 0 Å². The van der Waals surface area contributed by atoms with Crippen molar-refractivity contribution >= 4 is 44.6 Å². The third-order valence-corrected chi connectivity index (χ3v) is 14.3. The maximum absolute atomic E-state index is 14.0. The van der Waals surface area contributed by atoms with Crippen LogP contribution in [-0.2, 0) is 22.6 Å². The SMILES string of the molecule is CC1(C)CCC(CN2CCN(c3ccc(C(=O)NS(=O)(=O)c4ccc(NCCCN5CCCC5)c([N+](=O)[O-])c4)c(Oc4cccc5c4C=CC5)c3)CC2)=C(c2cccc(C(F)(F)F)c2)C1. The van der Waals surface area contributed by atoms with Gasteiger partial charge in [0.2, 0.25) is 0 Å². The summed E-state index contributed by atoms with van der Waals surface area (Å²) in [5, 5.41) is 15.2. The van der Waals surface area contributed by atoms with Crippen LogP contribution in [0.2, 0.25) is 0 Å². The third kappa shape index (κ3) is 10.9. The van der Waals surface area contributed by atoms with Gasteiger partial charge in [0, 0.05) is 62.7 Å². The van der Waals surface area contributed by atoms with Crippen LogP contribution in [0.25, 0.3) is 11.6 Å². The lowest BCUT2D eigenvalue weighted by molar-refractivity contribution is -0.384. The van der Waals surface area contributed by atoms with E-state index in [9.17, 15) is 36.5 Å². The number of sulfonamides is 1. The Morgan fingerprint density at radius 3 is 2.43 bits per heavy atom. The number of benzene rings is 4. The summed E-state index contributed by atoms with van der Waals surface area (Å²) in [4.78, 5) is 31.8. The van der Waals surface area contributed by atoms with Crippen molar-refractivity contribution in [3.8, 4) is 11.5 Å². The summed E-state index contributed by atoms with van der Waals surface area (Å²) in [5.41, 5.74) is 4.46. The molecule has 65 heavy (non-hydrogen) atoms. The van der Waals surface area contributed by atoms with E-state index in [2.05, 4.69) is 38.6 Å². The maximum atomic E-state index is 14.0. The minimum absolute atomic E-state index is 0.0366. The number of hydrogen-bond acceptors (Lipinski definition) is 10. The molecular weight excluding hydrogens is 858 g/mol. The molecule has 8 rings (SSSR count). The predicted molar refractivity (Wildman–Crippen MR) is 247 cm³/mol. The van der Waals surface area contributed by atoms with Crippen LogP contribution in [0.1, 0.15) is 85.0 Å². The second kappa shape index (κ2) is 19.0. The zero-order chi connectivity index (χ0) is 45.9. The van der Waals surface area contributed by atoms with E-state index in [4.69, 9.17) is 4.74 Å². The first-order valence-electron chi connectivity index (χ1n) is 22.3. The lowest BCUT2D eigenvalue weighted by Gasteiger charge is -2.39. The highest BCUT2D eigenvalue weighted by Gasteiger charge is 2.34. The van der Waals surface area contributed by atoms with E-state index in [1.165, 1.54) is 30.3 Å². The number of likely N-dealkylation sites (tertiary alicyclic amines) is 1. The second-order valence-electron chi connectivity index (χ2n) is 18.2. The van der Waals surface area contributed by atoms with Crippen molar-refractivity contribution in [2.24, 2.45) is 5.41 Å². The molecule has 2 fully saturated rings. The van der Waals surface area contributed by atoms with Crippen molar-refractivity contribution in [2.75, 3.05) is 69.1 Å². The second-order valence-corrected chi connectivity index (χ2v) is 19.9. The number of nitrogens with zero attached hydrogens (tertiary/aromatic N) is 4. The van der Waals surface area contributed by atoms with E-state index in [1.807, 2.05) is 24.3 Å². The van der Waals surface area contributed by atoms with Crippen molar-refractivity contribution in [2.45, 2.75) is 69.9 Å². The van der Waals surface area contributed by atoms with Gasteiger partial charge in [-0.25, -0.2) is 13.1 Å². The molecule has 344 valence electrons. The van der Waals surface area contributed by atoms with Crippen molar-refractivity contribution < 1.29 is 36.0 Å². The van der Waals surface area contributed by atoms with Gasteiger partial charge in [-0.1, -0.05) is 55.8 Å². The Labute approximate surface area is 378 Å². The number of piperazine rings is 1. The Morgan fingerprint density at radius 1 is 0.908 bits per heavy atom. The van der Waals surface area contributed by atoms with E-state index in [-0.39, 0.29) is 22.4 Å². The zero-order valence-corrected chi connectivity index (χ0v) is 37.6. The first-order chi connectivity index (χ1) is 31.0. The first-order valence-corrected chi connectivity index (χ1v) is 23.8. The van der Waals surface area contributed by atoms with E-state index < -0.39 is 43.2 Å². The molecule has 4 aliphatic rings. The standard InChI is InChI=1S/C49H55F3N6O6S/c1-48(2)20-19-36(42(32-48)35-11-5-12-37(29-35)49(50,51)52)33-56-25-27-57(28-26-56)38-15-17-41(46(30-38)64-45-14-7-10-34-9-6-13-40(34)45)47(59)54-65(62,63)39-16-18-43(44(31-39)58(60)61)53-21-8-24-55-22-3-4-23-55/h5-7,10-18,29-31,53H,3-4,8-9,19-28,32-33H2,1-2H3,(H,54,59). The number of carbonyl (C=O) groups excluding carboxylic acids is 1. The van der Waals surface area contributed by atoms with E-state index in [0.717, 1.165) is 98.3 Å². The number of fused-ring (bicyclic) bond motifs is 1. The fourth-order valence-electron chi connectivity index (χ4n) is 9.32. The van der Waals surface area contributed by atoms with Crippen LogP contribution in [-0.4, -0.2) is 88.0 Å². The van der Waals surface area contributed by atoms with Crippen LogP contribution < -0.4 is 19.7 Å². The number of amides is 1. The molecule has 0 spiro atoms. The molecule has 2 aliphatic heterocycles. The fraction of sp³-hybridized carbons (Fsp3) is 0.408. The number of nitrogens with one attached hydrogen (secondary N) is 2. The van der Waals surface area contributed by atoms with Crippen LogP contribution in [0.5, 0.6) is 11.5 Å². The molecule has 2 N–H and O–H groups in total. The summed E-state index contributed by atoms with van der Waals surface area (Å²) < 4.78 is 77.2. The number of anilines is 2. The molecule has 2 saturated heterocycles. The summed E-state index contributed by atoms with van der Waals surface area (Å²) in [5.74, 6) is -0.340. The Bertz CT molecular complexity index is 2620. The molecule has 0 atom stereocenters. The van der Waals surface area contributed by atoms with Gasteiger partial charge in [0.05, 0.1) is 20.9 Å². The van der Waals surface area contributed by atoms with Gasteiger partial charge in [0.25, 0.3) is 21.6 Å². The lowest BCUT2D eigenvalue weighted by Crippen LogP contribution is -2.47. The number of alkyl halides is 3. The zero-order valence-electron chi connectivity index (χ0n) is 36.8. The highest BCUT2D eigenvalue weighted by atomic mass is 32.2. The van der Waals surface area contributed by atoms with E-state index >= 15 is 0 Å². The Balaban J connectivity index is 0.994. The van der Waals surface area contributed by atoms with Gasteiger partial charge in [-0.15, -0.1) is 0 Å². The van der Waals surface area contributed by atoms with Crippen LogP contribution in [0.4, 0.5) is 30.2 Å². The van der Waals surface area contributed by atoms with Gasteiger partial charge in [0.15, 0.2) is 0 Å². The van der Waals surface area contributed by atoms with Crippen LogP contribution >= 0.6 is 0 Å². The van der Waals surface area contributed by atoms with Gasteiger partial charge >= 0.3 is 6.18 Å². The summed E-state index contributed by atoms with van der Waals surface area (Å²) in [6, 6.07) is 19.8. The summed E-state index contributed by atoms with van der Waals surface area (Å²) in [6.07, 6.45) is 5.77. The molecule has 0 aromatic heterocycles. The topological polar surface area (TPSA) is 137 Å². The summed E-state index contributed by atoms with van der Waals surface area (Å²) >= 11 is 0. The van der Waals surface area contributed by atoms with Crippen molar-refractivity contribution in [1.29, 1.82) is 0 Å².